The van der Waals surface area contributed by atoms with Gasteiger partial charge in [-0.3, -0.25) is 14.7 Å². The predicted molar refractivity (Wildman–Crippen MR) is 86.9 cm³/mol. The van der Waals surface area contributed by atoms with E-state index in [2.05, 4.69) is 10.2 Å². The van der Waals surface area contributed by atoms with Gasteiger partial charge in [-0.05, 0) is 25.0 Å². The number of hydrogen-bond acceptors (Lipinski definition) is 3. The molecule has 0 bridgehead atoms. The second-order valence-electron chi connectivity index (χ2n) is 5.63. The number of primary amides is 1. The first-order valence-corrected chi connectivity index (χ1v) is 7.82. The molecule has 120 valence electrons. The highest BCUT2D eigenvalue weighted by molar-refractivity contribution is 6.30. The molecule has 6 nitrogen and oxygen atoms in total. The second-order valence-corrected chi connectivity index (χ2v) is 6.07. The van der Waals surface area contributed by atoms with Crippen molar-refractivity contribution in [3.8, 4) is 11.3 Å². The van der Waals surface area contributed by atoms with E-state index in [0.29, 0.717) is 42.2 Å². The van der Waals surface area contributed by atoms with Crippen LogP contribution in [0.25, 0.3) is 11.3 Å². The summed E-state index contributed by atoms with van der Waals surface area (Å²) in [5.41, 5.74) is 7.37. The monoisotopic (exact) mass is 332 g/mol. The number of amides is 2. The van der Waals surface area contributed by atoms with Gasteiger partial charge in [0, 0.05) is 29.6 Å². The molecule has 0 unspecified atom stereocenters. The molecule has 0 aliphatic carbocycles. The lowest BCUT2D eigenvalue weighted by Crippen LogP contribution is -2.41. The summed E-state index contributed by atoms with van der Waals surface area (Å²) in [5.74, 6) is -0.520. The van der Waals surface area contributed by atoms with Crippen molar-refractivity contribution in [2.45, 2.75) is 12.8 Å². The SMILES string of the molecule is NC(=O)C1CCN(C(=O)c2cn[nH]c2-c2ccc(Cl)cc2)CC1. The zero-order chi connectivity index (χ0) is 16.4. The van der Waals surface area contributed by atoms with E-state index < -0.39 is 0 Å². The highest BCUT2D eigenvalue weighted by Crippen LogP contribution is 2.25. The van der Waals surface area contributed by atoms with E-state index in [4.69, 9.17) is 17.3 Å². The molecule has 0 atom stereocenters. The first-order valence-electron chi connectivity index (χ1n) is 7.44. The van der Waals surface area contributed by atoms with Gasteiger partial charge in [-0.2, -0.15) is 5.10 Å². The summed E-state index contributed by atoms with van der Waals surface area (Å²) in [5, 5.41) is 7.51. The van der Waals surface area contributed by atoms with Crippen LogP contribution in [-0.2, 0) is 4.79 Å². The zero-order valence-corrected chi connectivity index (χ0v) is 13.2. The minimum absolute atomic E-state index is 0.0911. The minimum Gasteiger partial charge on any atom is -0.369 e. The van der Waals surface area contributed by atoms with Gasteiger partial charge in [0.25, 0.3) is 5.91 Å². The highest BCUT2D eigenvalue weighted by atomic mass is 35.5. The van der Waals surface area contributed by atoms with Crippen molar-refractivity contribution < 1.29 is 9.59 Å². The Morgan fingerprint density at radius 3 is 2.48 bits per heavy atom. The summed E-state index contributed by atoms with van der Waals surface area (Å²) in [6.07, 6.45) is 2.75. The number of benzene rings is 1. The number of nitrogens with zero attached hydrogens (tertiary/aromatic N) is 2. The van der Waals surface area contributed by atoms with Crippen LogP contribution in [0, 0.1) is 5.92 Å². The number of aromatic amines is 1. The van der Waals surface area contributed by atoms with E-state index in [1.807, 2.05) is 12.1 Å². The number of likely N-dealkylation sites (tertiary alicyclic amines) is 1. The molecule has 0 saturated carbocycles. The average Bonchev–Trinajstić information content (AvgIpc) is 3.04. The van der Waals surface area contributed by atoms with Crippen molar-refractivity contribution in [3.05, 3.63) is 41.0 Å². The van der Waals surface area contributed by atoms with Crippen LogP contribution in [0.4, 0.5) is 0 Å². The first kappa shape index (κ1) is 15.6. The summed E-state index contributed by atoms with van der Waals surface area (Å²) in [6.45, 7) is 1.05. The van der Waals surface area contributed by atoms with Crippen molar-refractivity contribution >= 4 is 23.4 Å². The third-order valence-electron chi connectivity index (χ3n) is 4.19. The number of nitrogens with two attached hydrogens (primary N) is 1. The number of piperidine rings is 1. The quantitative estimate of drug-likeness (QED) is 0.901. The molecule has 1 aromatic carbocycles. The molecule has 1 fully saturated rings. The molecule has 1 aliphatic rings. The van der Waals surface area contributed by atoms with Crippen molar-refractivity contribution in [2.24, 2.45) is 11.7 Å². The molecule has 0 spiro atoms. The van der Waals surface area contributed by atoms with E-state index in [9.17, 15) is 9.59 Å². The fourth-order valence-corrected chi connectivity index (χ4v) is 2.95. The summed E-state index contributed by atoms with van der Waals surface area (Å²) >= 11 is 5.90. The van der Waals surface area contributed by atoms with E-state index in [0.717, 1.165) is 5.56 Å². The third kappa shape index (κ3) is 3.22. The number of hydrogen-bond donors (Lipinski definition) is 2. The molecule has 7 heteroatoms. The Kier molecular flexibility index (Phi) is 4.34. The molecule has 1 saturated heterocycles. The number of halogens is 1. The highest BCUT2D eigenvalue weighted by Gasteiger charge is 2.28. The topological polar surface area (TPSA) is 92.1 Å². The summed E-state index contributed by atoms with van der Waals surface area (Å²) in [4.78, 5) is 25.7. The van der Waals surface area contributed by atoms with Crippen LogP contribution in [0.3, 0.4) is 0 Å². The van der Waals surface area contributed by atoms with E-state index >= 15 is 0 Å². The molecule has 2 amide bonds. The molecule has 1 aromatic heterocycles. The van der Waals surface area contributed by atoms with Gasteiger partial charge in [0.1, 0.15) is 0 Å². The van der Waals surface area contributed by atoms with Crippen LogP contribution in [0.5, 0.6) is 0 Å². The Morgan fingerprint density at radius 1 is 1.22 bits per heavy atom. The maximum absolute atomic E-state index is 12.7. The maximum atomic E-state index is 12.7. The Bertz CT molecular complexity index is 718. The van der Waals surface area contributed by atoms with Gasteiger partial charge in [-0.15, -0.1) is 0 Å². The van der Waals surface area contributed by atoms with Crippen LogP contribution in [0.15, 0.2) is 30.5 Å². The molecule has 23 heavy (non-hydrogen) atoms. The number of carbonyl (C=O) groups excluding carboxylic acids is 2. The number of carbonyl (C=O) groups is 2. The van der Waals surface area contributed by atoms with Gasteiger partial charge < -0.3 is 10.6 Å². The number of H-pyrrole nitrogens is 1. The predicted octanol–water partition coefficient (Wildman–Crippen LogP) is 2.07. The molecule has 3 rings (SSSR count). The van der Waals surface area contributed by atoms with E-state index in [1.165, 1.54) is 6.20 Å². The average molecular weight is 333 g/mol. The summed E-state index contributed by atoms with van der Waals surface area (Å²) < 4.78 is 0. The van der Waals surface area contributed by atoms with Crippen LogP contribution in [0.1, 0.15) is 23.2 Å². The fraction of sp³-hybridized carbons (Fsp3) is 0.312. The first-order chi connectivity index (χ1) is 11.1. The van der Waals surface area contributed by atoms with Crippen LogP contribution in [-0.4, -0.2) is 40.0 Å². The van der Waals surface area contributed by atoms with Gasteiger partial charge in [0.05, 0.1) is 17.5 Å². The molecular formula is C16H17ClN4O2. The third-order valence-corrected chi connectivity index (χ3v) is 4.44. The van der Waals surface area contributed by atoms with Gasteiger partial charge in [-0.25, -0.2) is 0 Å². The van der Waals surface area contributed by atoms with Gasteiger partial charge >= 0.3 is 0 Å². The van der Waals surface area contributed by atoms with Crippen molar-refractivity contribution in [1.82, 2.24) is 15.1 Å². The Balaban J connectivity index is 1.78. The molecule has 2 heterocycles. The lowest BCUT2D eigenvalue weighted by Gasteiger charge is -2.30. The Hall–Kier alpha value is -2.34. The lowest BCUT2D eigenvalue weighted by atomic mass is 9.95. The Morgan fingerprint density at radius 2 is 1.87 bits per heavy atom. The van der Waals surface area contributed by atoms with E-state index in [1.54, 1.807) is 17.0 Å². The molecule has 3 N–H and O–H groups in total. The minimum atomic E-state index is -0.290. The lowest BCUT2D eigenvalue weighted by molar-refractivity contribution is -0.123. The van der Waals surface area contributed by atoms with Gasteiger partial charge in [0.2, 0.25) is 5.91 Å². The second kappa shape index (κ2) is 6.42. The number of nitrogens with one attached hydrogen (secondary N) is 1. The molecule has 2 aromatic rings. The summed E-state index contributed by atoms with van der Waals surface area (Å²) in [6, 6.07) is 7.21. The normalized spacial score (nSPS) is 15.6. The van der Waals surface area contributed by atoms with Crippen molar-refractivity contribution in [3.63, 3.8) is 0 Å². The van der Waals surface area contributed by atoms with Crippen LogP contribution < -0.4 is 5.73 Å². The van der Waals surface area contributed by atoms with E-state index in [-0.39, 0.29) is 17.7 Å². The summed E-state index contributed by atoms with van der Waals surface area (Å²) in [7, 11) is 0. The molecule has 1 aliphatic heterocycles. The number of aromatic nitrogens is 2. The van der Waals surface area contributed by atoms with Gasteiger partial charge in [-0.1, -0.05) is 23.7 Å². The maximum Gasteiger partial charge on any atom is 0.257 e. The van der Waals surface area contributed by atoms with Crippen molar-refractivity contribution in [2.75, 3.05) is 13.1 Å². The van der Waals surface area contributed by atoms with Gasteiger partial charge in [0.15, 0.2) is 0 Å². The van der Waals surface area contributed by atoms with Crippen LogP contribution >= 0.6 is 11.6 Å². The Labute approximate surface area is 138 Å². The standard InChI is InChI=1S/C16H17ClN4O2/c17-12-3-1-10(2-4-12)14-13(9-19-20-14)16(23)21-7-5-11(6-8-21)15(18)22/h1-4,9,11H,5-8H2,(H2,18,22)(H,19,20). The zero-order valence-electron chi connectivity index (χ0n) is 12.5. The smallest absolute Gasteiger partial charge is 0.257 e. The van der Waals surface area contributed by atoms with Crippen molar-refractivity contribution in [1.29, 1.82) is 0 Å². The molecule has 0 radical (unpaired) electrons. The number of rotatable bonds is 3. The fourth-order valence-electron chi connectivity index (χ4n) is 2.82. The molecular weight excluding hydrogens is 316 g/mol. The van der Waals surface area contributed by atoms with Crippen LogP contribution in [0.2, 0.25) is 5.02 Å². The largest absolute Gasteiger partial charge is 0.369 e.